The summed E-state index contributed by atoms with van der Waals surface area (Å²) in [6, 6.07) is 6.50. The Balaban J connectivity index is 3.06. The van der Waals surface area contributed by atoms with Gasteiger partial charge in [-0.2, -0.15) is 0 Å². The Hall–Kier alpha value is -1.22. The van der Waals surface area contributed by atoms with Crippen LogP contribution in [0.15, 0.2) is 18.2 Å². The molecule has 1 rings (SSSR count). The van der Waals surface area contributed by atoms with Crippen LogP contribution in [0.1, 0.15) is 32.8 Å². The van der Waals surface area contributed by atoms with Gasteiger partial charge in [0.2, 0.25) is 0 Å². The summed E-state index contributed by atoms with van der Waals surface area (Å²) in [6.45, 7) is 6.67. The Morgan fingerprint density at radius 1 is 1.22 bits per heavy atom. The predicted octanol–water partition coefficient (Wildman–Crippen LogP) is 2.98. The SMILES string of the molecule is CNC(C)CC(C)(C)c1ccc(OC)cc1OC. The second kappa shape index (κ2) is 6.10. The highest BCUT2D eigenvalue weighted by atomic mass is 16.5. The molecule has 0 aliphatic carbocycles. The van der Waals surface area contributed by atoms with Crippen LogP contribution in [0, 0.1) is 0 Å². The van der Waals surface area contributed by atoms with Gasteiger partial charge in [0.05, 0.1) is 14.2 Å². The second-order valence-electron chi connectivity index (χ2n) is 5.34. The summed E-state index contributed by atoms with van der Waals surface area (Å²) >= 11 is 0. The zero-order valence-corrected chi connectivity index (χ0v) is 12.3. The molecule has 0 amide bonds. The maximum atomic E-state index is 5.49. The summed E-state index contributed by atoms with van der Waals surface area (Å²) in [5, 5.41) is 3.29. The fourth-order valence-corrected chi connectivity index (χ4v) is 2.34. The van der Waals surface area contributed by atoms with E-state index in [1.54, 1.807) is 14.2 Å². The third-order valence-electron chi connectivity index (χ3n) is 3.45. The quantitative estimate of drug-likeness (QED) is 0.843. The van der Waals surface area contributed by atoms with E-state index in [1.807, 2.05) is 19.2 Å². The highest BCUT2D eigenvalue weighted by Gasteiger charge is 2.26. The molecular formula is C15H25NO2. The van der Waals surface area contributed by atoms with Crippen molar-refractivity contribution in [1.82, 2.24) is 5.32 Å². The first kappa shape index (κ1) is 14.8. The van der Waals surface area contributed by atoms with Crippen LogP contribution >= 0.6 is 0 Å². The van der Waals surface area contributed by atoms with Crippen molar-refractivity contribution in [2.75, 3.05) is 21.3 Å². The zero-order valence-electron chi connectivity index (χ0n) is 12.3. The first-order valence-corrected chi connectivity index (χ1v) is 6.34. The van der Waals surface area contributed by atoms with Gasteiger partial charge in [-0.3, -0.25) is 0 Å². The van der Waals surface area contributed by atoms with Crippen molar-refractivity contribution in [1.29, 1.82) is 0 Å². The minimum Gasteiger partial charge on any atom is -0.497 e. The lowest BCUT2D eigenvalue weighted by molar-refractivity contribution is 0.359. The van der Waals surface area contributed by atoms with Gasteiger partial charge in [0.25, 0.3) is 0 Å². The lowest BCUT2D eigenvalue weighted by Gasteiger charge is -2.30. The minimum atomic E-state index is 0.0556. The molecule has 18 heavy (non-hydrogen) atoms. The third-order valence-corrected chi connectivity index (χ3v) is 3.45. The van der Waals surface area contributed by atoms with Crippen molar-refractivity contribution in [3.8, 4) is 11.5 Å². The fourth-order valence-electron chi connectivity index (χ4n) is 2.34. The molecule has 1 aromatic carbocycles. The van der Waals surface area contributed by atoms with E-state index in [0.29, 0.717) is 6.04 Å². The highest BCUT2D eigenvalue weighted by Crippen LogP contribution is 2.37. The van der Waals surface area contributed by atoms with Gasteiger partial charge in [-0.15, -0.1) is 0 Å². The summed E-state index contributed by atoms with van der Waals surface area (Å²) in [5.74, 6) is 1.72. The molecular weight excluding hydrogens is 226 g/mol. The fraction of sp³-hybridized carbons (Fsp3) is 0.600. The van der Waals surface area contributed by atoms with Crippen molar-refractivity contribution in [3.63, 3.8) is 0 Å². The zero-order chi connectivity index (χ0) is 13.8. The van der Waals surface area contributed by atoms with Crippen LogP contribution in [0.5, 0.6) is 11.5 Å². The summed E-state index contributed by atoms with van der Waals surface area (Å²) < 4.78 is 10.7. The second-order valence-corrected chi connectivity index (χ2v) is 5.34. The van der Waals surface area contributed by atoms with E-state index in [4.69, 9.17) is 9.47 Å². The molecule has 0 bridgehead atoms. The predicted molar refractivity (Wildman–Crippen MR) is 75.7 cm³/mol. The van der Waals surface area contributed by atoms with Gasteiger partial charge in [-0.05, 0) is 31.9 Å². The molecule has 0 radical (unpaired) electrons. The van der Waals surface area contributed by atoms with Gasteiger partial charge in [-0.1, -0.05) is 19.9 Å². The normalized spacial score (nSPS) is 13.2. The van der Waals surface area contributed by atoms with Gasteiger partial charge < -0.3 is 14.8 Å². The standard InChI is InChI=1S/C15H25NO2/c1-11(16-4)10-15(2,3)13-8-7-12(17-5)9-14(13)18-6/h7-9,11,16H,10H2,1-6H3. The first-order valence-electron chi connectivity index (χ1n) is 6.34. The summed E-state index contributed by atoms with van der Waals surface area (Å²) in [7, 11) is 5.37. The summed E-state index contributed by atoms with van der Waals surface area (Å²) in [4.78, 5) is 0. The topological polar surface area (TPSA) is 30.5 Å². The van der Waals surface area contributed by atoms with Crippen LogP contribution in [-0.4, -0.2) is 27.3 Å². The summed E-state index contributed by atoms with van der Waals surface area (Å²) in [5.41, 5.74) is 1.27. The third kappa shape index (κ3) is 3.39. The van der Waals surface area contributed by atoms with Gasteiger partial charge in [-0.25, -0.2) is 0 Å². The molecule has 1 unspecified atom stereocenters. The van der Waals surface area contributed by atoms with Crippen LogP contribution in [0.25, 0.3) is 0 Å². The molecule has 3 nitrogen and oxygen atoms in total. The number of nitrogens with one attached hydrogen (secondary N) is 1. The first-order chi connectivity index (χ1) is 8.44. The Bertz CT molecular complexity index is 388. The minimum absolute atomic E-state index is 0.0556. The monoisotopic (exact) mass is 251 g/mol. The maximum absolute atomic E-state index is 5.49. The maximum Gasteiger partial charge on any atom is 0.126 e. The molecule has 102 valence electrons. The van der Waals surface area contributed by atoms with E-state index in [-0.39, 0.29) is 5.41 Å². The average molecular weight is 251 g/mol. The Kier molecular flexibility index (Phi) is 5.03. The van der Waals surface area contributed by atoms with E-state index < -0.39 is 0 Å². The Morgan fingerprint density at radius 2 is 1.89 bits per heavy atom. The number of rotatable bonds is 6. The van der Waals surface area contributed by atoms with Crippen LogP contribution in [0.3, 0.4) is 0 Å². The van der Waals surface area contributed by atoms with Crippen LogP contribution in [0.4, 0.5) is 0 Å². The van der Waals surface area contributed by atoms with Crippen molar-refractivity contribution >= 4 is 0 Å². The van der Waals surface area contributed by atoms with Gasteiger partial charge in [0.15, 0.2) is 0 Å². The molecule has 1 atom stereocenters. The number of hydrogen-bond donors (Lipinski definition) is 1. The van der Waals surface area contributed by atoms with Crippen molar-refractivity contribution in [2.24, 2.45) is 0 Å². The van der Waals surface area contributed by atoms with E-state index in [9.17, 15) is 0 Å². The van der Waals surface area contributed by atoms with Crippen LogP contribution in [-0.2, 0) is 5.41 Å². The molecule has 0 aliphatic heterocycles. The smallest absolute Gasteiger partial charge is 0.126 e. The molecule has 1 aromatic rings. The van der Waals surface area contributed by atoms with Crippen LogP contribution in [0.2, 0.25) is 0 Å². The van der Waals surface area contributed by atoms with Crippen molar-refractivity contribution < 1.29 is 9.47 Å². The molecule has 0 spiro atoms. The van der Waals surface area contributed by atoms with E-state index in [0.717, 1.165) is 17.9 Å². The number of ether oxygens (including phenoxy) is 2. The largest absolute Gasteiger partial charge is 0.497 e. The van der Waals surface area contributed by atoms with Crippen LogP contribution < -0.4 is 14.8 Å². The number of methoxy groups -OCH3 is 2. The van der Waals surface area contributed by atoms with Gasteiger partial charge in [0, 0.05) is 17.7 Å². The molecule has 3 heteroatoms. The molecule has 0 fully saturated rings. The number of benzene rings is 1. The highest BCUT2D eigenvalue weighted by molar-refractivity contribution is 5.44. The molecule has 0 aromatic heterocycles. The molecule has 0 saturated carbocycles. The van der Waals surface area contributed by atoms with Gasteiger partial charge >= 0.3 is 0 Å². The Morgan fingerprint density at radius 3 is 2.39 bits per heavy atom. The molecule has 0 heterocycles. The molecule has 1 N–H and O–H groups in total. The van der Waals surface area contributed by atoms with E-state index >= 15 is 0 Å². The molecule has 0 aliphatic rings. The average Bonchev–Trinajstić information content (AvgIpc) is 2.37. The van der Waals surface area contributed by atoms with E-state index in [1.165, 1.54) is 5.56 Å². The lowest BCUT2D eigenvalue weighted by atomic mass is 9.79. The Labute approximate surface area is 110 Å². The number of hydrogen-bond acceptors (Lipinski definition) is 3. The van der Waals surface area contributed by atoms with Crippen molar-refractivity contribution in [3.05, 3.63) is 23.8 Å². The molecule has 0 saturated heterocycles. The lowest BCUT2D eigenvalue weighted by Crippen LogP contribution is -2.31. The van der Waals surface area contributed by atoms with E-state index in [2.05, 4.69) is 32.2 Å². The van der Waals surface area contributed by atoms with Crippen molar-refractivity contribution in [2.45, 2.75) is 38.6 Å². The summed E-state index contributed by atoms with van der Waals surface area (Å²) in [6.07, 6.45) is 1.05. The van der Waals surface area contributed by atoms with Gasteiger partial charge in [0.1, 0.15) is 11.5 Å².